The lowest BCUT2D eigenvalue weighted by Gasteiger charge is -2.06. The van der Waals surface area contributed by atoms with Crippen LogP contribution in [-0.4, -0.2) is 10.1 Å². The largest absolute Gasteiger partial charge is 0.485 e. The molecule has 5 nitrogen and oxygen atoms in total. The minimum Gasteiger partial charge on any atom is -0.485 e. The average molecular weight is 257 g/mol. The van der Waals surface area contributed by atoms with E-state index in [-0.39, 0.29) is 12.5 Å². The first-order valence-corrected chi connectivity index (χ1v) is 6.06. The Kier molecular flexibility index (Phi) is 3.81. The van der Waals surface area contributed by atoms with Crippen LogP contribution in [0.4, 0.5) is 0 Å². The predicted molar refractivity (Wildman–Crippen MR) is 68.6 cm³/mol. The fourth-order valence-corrected chi connectivity index (χ4v) is 1.53. The van der Waals surface area contributed by atoms with Gasteiger partial charge in [0.15, 0.2) is 6.61 Å². The molecular formula is C14H15N3O2. The molecule has 0 unspecified atom stereocenters. The van der Waals surface area contributed by atoms with E-state index in [1.54, 1.807) is 12.1 Å². The fourth-order valence-electron chi connectivity index (χ4n) is 1.53. The van der Waals surface area contributed by atoms with E-state index >= 15 is 0 Å². The monoisotopic (exact) mass is 257 g/mol. The lowest BCUT2D eigenvalue weighted by molar-refractivity contribution is 0.282. The van der Waals surface area contributed by atoms with Gasteiger partial charge in [0.25, 0.3) is 0 Å². The predicted octanol–water partition coefficient (Wildman–Crippen LogP) is 2.95. The molecule has 0 fully saturated rings. The van der Waals surface area contributed by atoms with Crippen LogP contribution in [-0.2, 0) is 6.61 Å². The summed E-state index contributed by atoms with van der Waals surface area (Å²) in [6, 6.07) is 7.40. The Bertz CT molecular complexity index is 611. The molecule has 0 aliphatic rings. The van der Waals surface area contributed by atoms with E-state index in [1.165, 1.54) is 0 Å². The molecule has 0 saturated carbocycles. The number of nitriles is 1. The summed E-state index contributed by atoms with van der Waals surface area (Å²) in [5.41, 5.74) is 1.53. The third-order valence-electron chi connectivity index (χ3n) is 2.65. The Morgan fingerprint density at radius 1 is 1.42 bits per heavy atom. The molecule has 0 amide bonds. The van der Waals surface area contributed by atoms with Crippen molar-refractivity contribution in [2.24, 2.45) is 0 Å². The maximum atomic E-state index is 8.86. The van der Waals surface area contributed by atoms with Gasteiger partial charge in [-0.1, -0.05) is 25.1 Å². The van der Waals surface area contributed by atoms with Gasteiger partial charge in [0.1, 0.15) is 5.75 Å². The van der Waals surface area contributed by atoms with Crippen molar-refractivity contribution >= 4 is 0 Å². The van der Waals surface area contributed by atoms with Gasteiger partial charge in [-0.05, 0) is 24.6 Å². The summed E-state index contributed by atoms with van der Waals surface area (Å²) >= 11 is 0. The van der Waals surface area contributed by atoms with Gasteiger partial charge in [-0.3, -0.25) is 0 Å². The van der Waals surface area contributed by atoms with E-state index in [0.29, 0.717) is 23.0 Å². The van der Waals surface area contributed by atoms with Crippen LogP contribution < -0.4 is 4.74 Å². The van der Waals surface area contributed by atoms with Gasteiger partial charge >= 0.3 is 0 Å². The SMILES string of the molecule is Cc1ccc(C#N)cc1OCc1noc(C(C)C)n1. The lowest BCUT2D eigenvalue weighted by atomic mass is 10.1. The minimum absolute atomic E-state index is 0.199. The van der Waals surface area contributed by atoms with Crippen LogP contribution in [0.2, 0.25) is 0 Å². The van der Waals surface area contributed by atoms with Gasteiger partial charge in [-0.25, -0.2) is 0 Å². The maximum Gasteiger partial charge on any atom is 0.229 e. The van der Waals surface area contributed by atoms with E-state index in [1.807, 2.05) is 26.8 Å². The second-order valence-electron chi connectivity index (χ2n) is 4.58. The third-order valence-corrected chi connectivity index (χ3v) is 2.65. The Morgan fingerprint density at radius 3 is 2.84 bits per heavy atom. The van der Waals surface area contributed by atoms with Crippen molar-refractivity contribution in [3.8, 4) is 11.8 Å². The Morgan fingerprint density at radius 2 is 2.21 bits per heavy atom. The molecule has 0 N–H and O–H groups in total. The quantitative estimate of drug-likeness (QED) is 0.842. The highest BCUT2D eigenvalue weighted by Crippen LogP contribution is 2.20. The summed E-state index contributed by atoms with van der Waals surface area (Å²) in [5, 5.41) is 12.7. The van der Waals surface area contributed by atoms with Crippen LogP contribution in [0.3, 0.4) is 0 Å². The number of nitrogens with zero attached hydrogens (tertiary/aromatic N) is 3. The van der Waals surface area contributed by atoms with Gasteiger partial charge in [0, 0.05) is 5.92 Å². The summed E-state index contributed by atoms with van der Waals surface area (Å²) in [5.74, 6) is 1.96. The highest BCUT2D eigenvalue weighted by Gasteiger charge is 2.10. The molecule has 0 aliphatic heterocycles. The summed E-state index contributed by atoms with van der Waals surface area (Å²) < 4.78 is 10.7. The third kappa shape index (κ3) is 3.10. The topological polar surface area (TPSA) is 71.9 Å². The molecule has 2 aromatic rings. The molecular weight excluding hydrogens is 242 g/mol. The molecule has 1 aromatic carbocycles. The van der Waals surface area contributed by atoms with Crippen molar-refractivity contribution < 1.29 is 9.26 Å². The van der Waals surface area contributed by atoms with Crippen molar-refractivity contribution in [3.05, 3.63) is 41.0 Å². The first-order valence-electron chi connectivity index (χ1n) is 6.06. The van der Waals surface area contributed by atoms with E-state index in [0.717, 1.165) is 5.56 Å². The second-order valence-corrected chi connectivity index (χ2v) is 4.58. The van der Waals surface area contributed by atoms with Gasteiger partial charge in [0.2, 0.25) is 11.7 Å². The molecule has 0 bridgehead atoms. The molecule has 0 saturated heterocycles. The number of rotatable bonds is 4. The van der Waals surface area contributed by atoms with Crippen molar-refractivity contribution in [2.45, 2.75) is 33.3 Å². The molecule has 0 atom stereocenters. The number of hydrogen-bond acceptors (Lipinski definition) is 5. The molecule has 1 heterocycles. The number of aromatic nitrogens is 2. The lowest BCUT2D eigenvalue weighted by Crippen LogP contribution is -2.00. The van der Waals surface area contributed by atoms with E-state index in [9.17, 15) is 0 Å². The molecule has 98 valence electrons. The number of ether oxygens (including phenoxy) is 1. The van der Waals surface area contributed by atoms with E-state index in [2.05, 4.69) is 16.2 Å². The Balaban J connectivity index is 2.07. The zero-order valence-corrected chi connectivity index (χ0v) is 11.2. The van der Waals surface area contributed by atoms with Crippen molar-refractivity contribution in [1.82, 2.24) is 10.1 Å². The number of benzene rings is 1. The summed E-state index contributed by atoms with van der Waals surface area (Å²) in [6.07, 6.45) is 0. The number of hydrogen-bond donors (Lipinski definition) is 0. The highest BCUT2D eigenvalue weighted by atomic mass is 16.5. The van der Waals surface area contributed by atoms with Crippen LogP contribution in [0, 0.1) is 18.3 Å². The molecule has 2 rings (SSSR count). The number of aryl methyl sites for hydroxylation is 1. The zero-order valence-electron chi connectivity index (χ0n) is 11.2. The molecule has 0 aliphatic carbocycles. The van der Waals surface area contributed by atoms with Gasteiger partial charge < -0.3 is 9.26 Å². The van der Waals surface area contributed by atoms with E-state index < -0.39 is 0 Å². The summed E-state index contributed by atoms with van der Waals surface area (Å²) in [4.78, 5) is 4.23. The van der Waals surface area contributed by atoms with Crippen LogP contribution in [0.1, 0.15) is 42.6 Å². The normalized spacial score (nSPS) is 10.5. The molecule has 19 heavy (non-hydrogen) atoms. The van der Waals surface area contributed by atoms with Gasteiger partial charge in [-0.2, -0.15) is 10.2 Å². The average Bonchev–Trinajstić information content (AvgIpc) is 2.87. The fraction of sp³-hybridized carbons (Fsp3) is 0.357. The smallest absolute Gasteiger partial charge is 0.229 e. The maximum absolute atomic E-state index is 8.86. The Hall–Kier alpha value is -2.35. The zero-order chi connectivity index (χ0) is 13.8. The summed E-state index contributed by atoms with van der Waals surface area (Å²) in [7, 11) is 0. The Labute approximate surface area is 111 Å². The minimum atomic E-state index is 0.199. The standard InChI is InChI=1S/C14H15N3O2/c1-9(2)14-16-13(17-19-14)8-18-12-6-11(7-15)5-4-10(12)3/h4-6,9H,8H2,1-3H3. The van der Waals surface area contributed by atoms with Gasteiger partial charge in [-0.15, -0.1) is 0 Å². The van der Waals surface area contributed by atoms with Crippen LogP contribution in [0.25, 0.3) is 0 Å². The molecule has 1 aromatic heterocycles. The van der Waals surface area contributed by atoms with E-state index in [4.69, 9.17) is 14.5 Å². The molecule has 0 spiro atoms. The first-order chi connectivity index (χ1) is 9.10. The highest BCUT2D eigenvalue weighted by molar-refractivity contribution is 5.41. The molecule has 5 heteroatoms. The van der Waals surface area contributed by atoms with Crippen molar-refractivity contribution in [3.63, 3.8) is 0 Å². The molecule has 0 radical (unpaired) electrons. The van der Waals surface area contributed by atoms with Crippen molar-refractivity contribution in [1.29, 1.82) is 5.26 Å². The second kappa shape index (κ2) is 5.53. The summed E-state index contributed by atoms with van der Waals surface area (Å²) in [6.45, 7) is 6.12. The van der Waals surface area contributed by atoms with Crippen LogP contribution in [0.15, 0.2) is 22.7 Å². The first kappa shape index (κ1) is 13.1. The van der Waals surface area contributed by atoms with Crippen molar-refractivity contribution in [2.75, 3.05) is 0 Å². The van der Waals surface area contributed by atoms with Crippen LogP contribution >= 0.6 is 0 Å². The van der Waals surface area contributed by atoms with Crippen LogP contribution in [0.5, 0.6) is 5.75 Å². The van der Waals surface area contributed by atoms with Gasteiger partial charge in [0.05, 0.1) is 11.6 Å².